The van der Waals surface area contributed by atoms with Crippen LogP contribution >= 0.6 is 0 Å². The Hall–Kier alpha value is -0.810. The molecular weight excluding hydrogens is 292 g/mol. The first-order valence-corrected chi connectivity index (χ1v) is 9.10. The number of carbonyl (C=O) groups is 1. The average Bonchev–Trinajstić information content (AvgIpc) is 2.84. The van der Waals surface area contributed by atoms with Gasteiger partial charge in [-0.2, -0.15) is 0 Å². The molecule has 2 aliphatic rings. The third kappa shape index (κ3) is 5.64. The second-order valence-electron chi connectivity index (χ2n) is 8.30. The number of hydrogen-bond donors (Lipinski definition) is 2. The van der Waals surface area contributed by atoms with Gasteiger partial charge in [0.15, 0.2) is 0 Å². The maximum Gasteiger partial charge on any atom is 0.407 e. The van der Waals surface area contributed by atoms with Crippen LogP contribution in [-0.2, 0) is 9.47 Å². The van der Waals surface area contributed by atoms with E-state index in [1.165, 1.54) is 0 Å². The molecule has 134 valence electrons. The molecule has 23 heavy (non-hydrogen) atoms. The quantitative estimate of drug-likeness (QED) is 0.831. The van der Waals surface area contributed by atoms with E-state index in [0.717, 1.165) is 45.1 Å². The molecular formula is C18H34N2O3. The van der Waals surface area contributed by atoms with Gasteiger partial charge >= 0.3 is 6.09 Å². The Bertz CT molecular complexity index is 408. The van der Waals surface area contributed by atoms with Gasteiger partial charge in [-0.15, -0.1) is 0 Å². The summed E-state index contributed by atoms with van der Waals surface area (Å²) in [6, 6.07) is 0.979. The van der Waals surface area contributed by atoms with E-state index >= 15 is 0 Å². The van der Waals surface area contributed by atoms with Gasteiger partial charge in [0.05, 0.1) is 5.60 Å². The first-order chi connectivity index (χ1) is 10.7. The molecule has 0 spiro atoms. The molecule has 1 amide bonds. The van der Waals surface area contributed by atoms with Crippen molar-refractivity contribution in [3.8, 4) is 0 Å². The van der Waals surface area contributed by atoms with Gasteiger partial charge in [0, 0.05) is 24.7 Å². The van der Waals surface area contributed by atoms with Crippen molar-refractivity contribution in [3.63, 3.8) is 0 Å². The highest BCUT2D eigenvalue weighted by atomic mass is 16.6. The SMILES string of the molecule is CCC1(C)CC(NC2CCCC2NC(=O)OC(C)(C)C)CCO1. The number of nitrogens with one attached hydrogen (secondary N) is 2. The zero-order valence-corrected chi connectivity index (χ0v) is 15.4. The molecule has 5 heteroatoms. The second kappa shape index (κ2) is 7.39. The predicted octanol–water partition coefficient (Wildman–Crippen LogP) is 3.37. The van der Waals surface area contributed by atoms with Gasteiger partial charge in [0.1, 0.15) is 5.60 Å². The van der Waals surface area contributed by atoms with Crippen LogP contribution < -0.4 is 10.6 Å². The fourth-order valence-corrected chi connectivity index (χ4v) is 3.61. The van der Waals surface area contributed by atoms with Crippen LogP contribution in [0.5, 0.6) is 0 Å². The minimum atomic E-state index is -0.449. The van der Waals surface area contributed by atoms with Gasteiger partial charge in [-0.3, -0.25) is 0 Å². The summed E-state index contributed by atoms with van der Waals surface area (Å²) in [5.41, 5.74) is -0.460. The van der Waals surface area contributed by atoms with E-state index in [-0.39, 0.29) is 17.7 Å². The maximum absolute atomic E-state index is 12.0. The molecule has 2 fully saturated rings. The van der Waals surface area contributed by atoms with Gasteiger partial charge in [0.25, 0.3) is 0 Å². The maximum atomic E-state index is 12.0. The third-order valence-corrected chi connectivity index (χ3v) is 5.01. The van der Waals surface area contributed by atoms with E-state index in [1.807, 2.05) is 20.8 Å². The topological polar surface area (TPSA) is 59.6 Å². The van der Waals surface area contributed by atoms with Gasteiger partial charge in [0.2, 0.25) is 0 Å². The molecule has 1 aliphatic carbocycles. The van der Waals surface area contributed by atoms with E-state index < -0.39 is 5.60 Å². The summed E-state index contributed by atoms with van der Waals surface area (Å²) in [5, 5.41) is 6.83. The molecule has 2 N–H and O–H groups in total. The number of rotatable bonds is 4. The normalized spacial score (nSPS) is 35.1. The molecule has 4 atom stereocenters. The Balaban J connectivity index is 1.85. The van der Waals surface area contributed by atoms with Crippen LogP contribution in [0.25, 0.3) is 0 Å². The summed E-state index contributed by atoms with van der Waals surface area (Å²) in [4.78, 5) is 12.0. The van der Waals surface area contributed by atoms with E-state index in [4.69, 9.17) is 9.47 Å². The zero-order chi connectivity index (χ0) is 17.1. The average molecular weight is 326 g/mol. The number of ether oxygens (including phenoxy) is 2. The molecule has 0 aromatic rings. The number of carbonyl (C=O) groups excluding carboxylic acids is 1. The third-order valence-electron chi connectivity index (χ3n) is 5.01. The van der Waals surface area contributed by atoms with Crippen molar-refractivity contribution in [2.24, 2.45) is 0 Å². The first-order valence-electron chi connectivity index (χ1n) is 9.10. The lowest BCUT2D eigenvalue weighted by Crippen LogP contribution is -2.54. The summed E-state index contributed by atoms with van der Waals surface area (Å²) >= 11 is 0. The van der Waals surface area contributed by atoms with E-state index in [1.54, 1.807) is 0 Å². The Morgan fingerprint density at radius 3 is 2.61 bits per heavy atom. The monoisotopic (exact) mass is 326 g/mol. The minimum Gasteiger partial charge on any atom is -0.444 e. The lowest BCUT2D eigenvalue weighted by molar-refractivity contribution is -0.0793. The van der Waals surface area contributed by atoms with E-state index in [2.05, 4.69) is 24.5 Å². The van der Waals surface area contributed by atoms with Crippen molar-refractivity contribution in [1.29, 1.82) is 0 Å². The molecule has 1 heterocycles. The summed E-state index contributed by atoms with van der Waals surface area (Å²) < 4.78 is 11.3. The van der Waals surface area contributed by atoms with Crippen LogP contribution in [0.15, 0.2) is 0 Å². The van der Waals surface area contributed by atoms with E-state index in [9.17, 15) is 4.79 Å². The number of hydrogen-bond acceptors (Lipinski definition) is 4. The lowest BCUT2D eigenvalue weighted by atomic mass is 9.89. The summed E-state index contributed by atoms with van der Waals surface area (Å²) in [5.74, 6) is 0. The fourth-order valence-electron chi connectivity index (χ4n) is 3.61. The Labute approximate surface area is 140 Å². The van der Waals surface area contributed by atoms with E-state index in [0.29, 0.717) is 12.1 Å². The van der Waals surface area contributed by atoms with Gasteiger partial charge in [-0.25, -0.2) is 4.79 Å². The van der Waals surface area contributed by atoms with Gasteiger partial charge < -0.3 is 20.1 Å². The number of amides is 1. The van der Waals surface area contributed by atoms with Crippen molar-refractivity contribution in [2.75, 3.05) is 6.61 Å². The molecule has 0 bridgehead atoms. The summed E-state index contributed by atoms with van der Waals surface area (Å²) in [6.45, 7) is 10.9. The van der Waals surface area contributed by atoms with Crippen molar-refractivity contribution in [3.05, 3.63) is 0 Å². The van der Waals surface area contributed by atoms with Crippen LogP contribution in [0.3, 0.4) is 0 Å². The van der Waals surface area contributed by atoms with Crippen LogP contribution in [0.4, 0.5) is 4.79 Å². The Morgan fingerprint density at radius 2 is 1.96 bits per heavy atom. The Kier molecular flexibility index (Phi) is 5.95. The minimum absolute atomic E-state index is 0.0113. The highest BCUT2D eigenvalue weighted by molar-refractivity contribution is 5.68. The molecule has 0 aromatic carbocycles. The van der Waals surface area contributed by atoms with Crippen molar-refractivity contribution in [1.82, 2.24) is 10.6 Å². The summed E-state index contributed by atoms with van der Waals surface area (Å²) in [6.07, 6.45) is 6.10. The second-order valence-corrected chi connectivity index (χ2v) is 8.30. The first kappa shape index (κ1) is 18.5. The highest BCUT2D eigenvalue weighted by Gasteiger charge is 2.36. The van der Waals surface area contributed by atoms with Crippen molar-refractivity contribution >= 4 is 6.09 Å². The van der Waals surface area contributed by atoms with Gasteiger partial charge in [-0.05, 0) is 66.2 Å². The molecule has 4 unspecified atom stereocenters. The smallest absolute Gasteiger partial charge is 0.407 e. The molecule has 2 rings (SSSR count). The molecule has 1 saturated carbocycles. The lowest BCUT2D eigenvalue weighted by Gasteiger charge is -2.40. The van der Waals surface area contributed by atoms with Crippen molar-refractivity contribution < 1.29 is 14.3 Å². The fraction of sp³-hybridized carbons (Fsp3) is 0.944. The molecule has 0 aromatic heterocycles. The zero-order valence-electron chi connectivity index (χ0n) is 15.4. The number of alkyl carbamates (subject to hydrolysis) is 1. The molecule has 1 aliphatic heterocycles. The van der Waals surface area contributed by atoms with Crippen LogP contribution in [-0.4, -0.2) is 42.0 Å². The standard InChI is InChI=1S/C18H34N2O3/c1-6-18(5)12-13(10-11-22-18)19-14-8-7-9-15(14)20-16(21)23-17(2,3)4/h13-15,19H,6-12H2,1-5H3,(H,20,21). The molecule has 1 saturated heterocycles. The molecule has 5 nitrogen and oxygen atoms in total. The van der Waals surface area contributed by atoms with Crippen LogP contribution in [0.1, 0.15) is 73.1 Å². The summed E-state index contributed by atoms with van der Waals surface area (Å²) in [7, 11) is 0. The molecule has 0 radical (unpaired) electrons. The van der Waals surface area contributed by atoms with Crippen molar-refractivity contribution in [2.45, 2.75) is 102 Å². The predicted molar refractivity (Wildman–Crippen MR) is 91.6 cm³/mol. The van der Waals surface area contributed by atoms with Gasteiger partial charge in [-0.1, -0.05) is 6.92 Å². The highest BCUT2D eigenvalue weighted by Crippen LogP contribution is 2.29. The van der Waals surface area contributed by atoms with Crippen LogP contribution in [0.2, 0.25) is 0 Å². The Morgan fingerprint density at radius 1 is 1.26 bits per heavy atom. The van der Waals surface area contributed by atoms with Crippen LogP contribution in [0, 0.1) is 0 Å². The largest absolute Gasteiger partial charge is 0.444 e.